The Labute approximate surface area is 108 Å². The van der Waals surface area contributed by atoms with Gasteiger partial charge in [-0.1, -0.05) is 17.7 Å². The summed E-state index contributed by atoms with van der Waals surface area (Å²) >= 11 is 0. The van der Waals surface area contributed by atoms with Gasteiger partial charge < -0.3 is 10.6 Å². The zero-order chi connectivity index (χ0) is 13.4. The first-order valence-corrected chi connectivity index (χ1v) is 6.08. The van der Waals surface area contributed by atoms with Gasteiger partial charge in [0.2, 0.25) is 0 Å². The molecule has 0 aromatic heterocycles. The van der Waals surface area contributed by atoms with Gasteiger partial charge in [0.05, 0.1) is 12.0 Å². The molecule has 0 saturated carbocycles. The molecule has 0 bridgehead atoms. The molecule has 0 aliphatic carbocycles. The molecule has 0 aliphatic rings. The molecule has 0 radical (unpaired) electrons. The number of nitriles is 1. The Balaban J connectivity index is 2.22. The number of hydrogen-bond donors (Lipinski definition) is 2. The highest BCUT2D eigenvalue weighted by Gasteiger charge is 2.03. The maximum Gasteiger partial charge on any atom is 0.251 e. The minimum atomic E-state index is -0.0647. The minimum Gasteiger partial charge on any atom is -0.351 e. The van der Waals surface area contributed by atoms with Crippen LogP contribution in [0.3, 0.4) is 0 Å². The number of amides is 1. The largest absolute Gasteiger partial charge is 0.351 e. The van der Waals surface area contributed by atoms with Crippen molar-refractivity contribution in [3.05, 3.63) is 35.4 Å². The molecule has 1 aromatic rings. The van der Waals surface area contributed by atoms with Crippen LogP contribution in [0.25, 0.3) is 0 Å². The molecular formula is C14H19N3O. The van der Waals surface area contributed by atoms with Crippen LogP contribution in [0.5, 0.6) is 0 Å². The fourth-order valence-corrected chi connectivity index (χ4v) is 1.44. The van der Waals surface area contributed by atoms with Gasteiger partial charge in [-0.25, -0.2) is 0 Å². The number of nitrogens with zero attached hydrogens (tertiary/aromatic N) is 1. The van der Waals surface area contributed by atoms with Crippen LogP contribution in [0.4, 0.5) is 0 Å². The van der Waals surface area contributed by atoms with Crippen molar-refractivity contribution in [1.82, 2.24) is 10.6 Å². The summed E-state index contributed by atoms with van der Waals surface area (Å²) in [4.78, 5) is 11.7. The van der Waals surface area contributed by atoms with Gasteiger partial charge in [0.1, 0.15) is 0 Å². The summed E-state index contributed by atoms with van der Waals surface area (Å²) in [7, 11) is 0. The van der Waals surface area contributed by atoms with Crippen LogP contribution < -0.4 is 10.6 Å². The third-order valence-corrected chi connectivity index (χ3v) is 2.57. The summed E-state index contributed by atoms with van der Waals surface area (Å²) in [5.74, 6) is -0.0667. The number of benzene rings is 1. The van der Waals surface area contributed by atoms with Crippen molar-refractivity contribution < 1.29 is 4.79 Å². The molecule has 18 heavy (non-hydrogen) atoms. The van der Waals surface area contributed by atoms with Gasteiger partial charge in [0.25, 0.3) is 5.91 Å². The minimum absolute atomic E-state index is 0.00204. The van der Waals surface area contributed by atoms with E-state index < -0.39 is 0 Å². The van der Waals surface area contributed by atoms with Crippen molar-refractivity contribution in [1.29, 1.82) is 5.26 Å². The molecule has 1 amide bonds. The first-order chi connectivity index (χ1) is 8.63. The van der Waals surface area contributed by atoms with E-state index in [1.54, 1.807) is 0 Å². The van der Waals surface area contributed by atoms with Gasteiger partial charge >= 0.3 is 0 Å². The molecule has 1 atom stereocenters. The summed E-state index contributed by atoms with van der Waals surface area (Å²) in [6.07, 6.45) is 0. The summed E-state index contributed by atoms with van der Waals surface area (Å²) in [5.41, 5.74) is 1.81. The fourth-order valence-electron chi connectivity index (χ4n) is 1.44. The number of carbonyl (C=O) groups is 1. The topological polar surface area (TPSA) is 64.9 Å². The van der Waals surface area contributed by atoms with Gasteiger partial charge in [-0.2, -0.15) is 5.26 Å². The van der Waals surface area contributed by atoms with Crippen molar-refractivity contribution >= 4 is 5.91 Å². The Morgan fingerprint density at radius 2 is 2.00 bits per heavy atom. The molecule has 4 heteroatoms. The predicted octanol–water partition coefficient (Wildman–Crippen LogP) is 1.47. The van der Waals surface area contributed by atoms with Gasteiger partial charge in [-0.05, 0) is 26.0 Å². The Morgan fingerprint density at radius 3 is 2.61 bits per heavy atom. The SMILES string of the molecule is Cc1ccc(C(=O)NCCNCC(C)C#N)cc1. The summed E-state index contributed by atoms with van der Waals surface area (Å²) in [6.45, 7) is 5.73. The Bertz CT molecular complexity index is 420. The summed E-state index contributed by atoms with van der Waals surface area (Å²) in [5, 5.41) is 14.5. The van der Waals surface area contributed by atoms with Crippen LogP contribution in [0.15, 0.2) is 24.3 Å². The van der Waals surface area contributed by atoms with Crippen molar-refractivity contribution in [3.63, 3.8) is 0 Å². The third kappa shape index (κ3) is 4.98. The monoisotopic (exact) mass is 245 g/mol. The maximum absolute atomic E-state index is 11.7. The van der Waals surface area contributed by atoms with E-state index in [-0.39, 0.29) is 11.8 Å². The standard InChI is InChI=1S/C14H19N3O/c1-11-3-5-13(6-4-11)14(18)17-8-7-16-10-12(2)9-15/h3-6,12,16H,7-8,10H2,1-2H3,(H,17,18). The smallest absolute Gasteiger partial charge is 0.251 e. The van der Waals surface area contributed by atoms with E-state index in [0.29, 0.717) is 25.2 Å². The van der Waals surface area contributed by atoms with Gasteiger partial charge in [-0.3, -0.25) is 4.79 Å². The van der Waals surface area contributed by atoms with E-state index in [0.717, 1.165) is 5.56 Å². The highest BCUT2D eigenvalue weighted by Crippen LogP contribution is 2.02. The average Bonchev–Trinajstić information content (AvgIpc) is 2.38. The lowest BCUT2D eigenvalue weighted by molar-refractivity contribution is 0.0954. The molecule has 1 rings (SSSR count). The number of aryl methyl sites for hydroxylation is 1. The molecule has 96 valence electrons. The van der Waals surface area contributed by atoms with Gasteiger partial charge in [0.15, 0.2) is 0 Å². The molecule has 1 aromatic carbocycles. The van der Waals surface area contributed by atoms with Crippen LogP contribution in [0.2, 0.25) is 0 Å². The first kappa shape index (κ1) is 14.2. The van der Waals surface area contributed by atoms with Crippen LogP contribution in [-0.2, 0) is 0 Å². The normalized spacial score (nSPS) is 11.6. The Kier molecular flexibility index (Phi) is 5.89. The lowest BCUT2D eigenvalue weighted by Crippen LogP contribution is -2.33. The number of rotatable bonds is 6. The van der Waals surface area contributed by atoms with E-state index in [4.69, 9.17) is 5.26 Å². The van der Waals surface area contributed by atoms with E-state index in [1.807, 2.05) is 38.1 Å². The number of hydrogen-bond acceptors (Lipinski definition) is 3. The Hall–Kier alpha value is -1.86. The molecule has 1 unspecified atom stereocenters. The highest BCUT2D eigenvalue weighted by molar-refractivity contribution is 5.94. The van der Waals surface area contributed by atoms with Crippen molar-refractivity contribution in [2.24, 2.45) is 5.92 Å². The fraction of sp³-hybridized carbons (Fsp3) is 0.429. The molecule has 0 aliphatic heterocycles. The highest BCUT2D eigenvalue weighted by atomic mass is 16.1. The van der Waals surface area contributed by atoms with E-state index in [2.05, 4.69) is 16.7 Å². The van der Waals surface area contributed by atoms with Gasteiger partial charge in [0, 0.05) is 25.2 Å². The molecule has 0 saturated heterocycles. The van der Waals surface area contributed by atoms with E-state index in [1.165, 1.54) is 0 Å². The summed E-state index contributed by atoms with van der Waals surface area (Å²) in [6, 6.07) is 9.61. The zero-order valence-electron chi connectivity index (χ0n) is 10.9. The molecule has 0 spiro atoms. The van der Waals surface area contributed by atoms with Crippen LogP contribution in [-0.4, -0.2) is 25.5 Å². The quantitative estimate of drug-likeness (QED) is 0.746. The van der Waals surface area contributed by atoms with Crippen molar-refractivity contribution in [2.75, 3.05) is 19.6 Å². The second kappa shape index (κ2) is 7.46. The Morgan fingerprint density at radius 1 is 1.33 bits per heavy atom. The van der Waals surface area contributed by atoms with Crippen LogP contribution >= 0.6 is 0 Å². The van der Waals surface area contributed by atoms with Crippen LogP contribution in [0.1, 0.15) is 22.8 Å². The second-order valence-electron chi connectivity index (χ2n) is 4.36. The number of nitrogens with one attached hydrogen (secondary N) is 2. The molecular weight excluding hydrogens is 226 g/mol. The zero-order valence-corrected chi connectivity index (χ0v) is 10.9. The van der Waals surface area contributed by atoms with Crippen LogP contribution in [0, 0.1) is 24.2 Å². The molecule has 2 N–H and O–H groups in total. The average molecular weight is 245 g/mol. The van der Waals surface area contributed by atoms with Crippen molar-refractivity contribution in [2.45, 2.75) is 13.8 Å². The predicted molar refractivity (Wildman–Crippen MR) is 71.2 cm³/mol. The van der Waals surface area contributed by atoms with E-state index in [9.17, 15) is 4.79 Å². The van der Waals surface area contributed by atoms with Crippen molar-refractivity contribution in [3.8, 4) is 6.07 Å². The first-order valence-electron chi connectivity index (χ1n) is 6.08. The van der Waals surface area contributed by atoms with Gasteiger partial charge in [-0.15, -0.1) is 0 Å². The maximum atomic E-state index is 11.7. The lowest BCUT2D eigenvalue weighted by Gasteiger charge is -2.07. The summed E-state index contributed by atoms with van der Waals surface area (Å²) < 4.78 is 0. The number of carbonyl (C=O) groups excluding carboxylic acids is 1. The molecule has 0 heterocycles. The second-order valence-corrected chi connectivity index (χ2v) is 4.36. The third-order valence-electron chi connectivity index (χ3n) is 2.57. The van der Waals surface area contributed by atoms with E-state index >= 15 is 0 Å². The molecule has 0 fully saturated rings. The molecule has 4 nitrogen and oxygen atoms in total. The lowest BCUT2D eigenvalue weighted by atomic mass is 10.1.